The molecule has 0 saturated carbocycles. The van der Waals surface area contributed by atoms with Crippen molar-refractivity contribution in [3.63, 3.8) is 0 Å². The third-order valence-corrected chi connectivity index (χ3v) is 4.20. The van der Waals surface area contributed by atoms with E-state index in [-0.39, 0.29) is 22.6 Å². The molecule has 1 unspecified atom stereocenters. The minimum absolute atomic E-state index is 0.00819. The number of nitrogens with one attached hydrogen (secondary N) is 2. The first-order valence-electron chi connectivity index (χ1n) is 9.03. The molecular formula is C21H22F3N5O. The highest BCUT2D eigenvalue weighted by Gasteiger charge is 2.31. The molecule has 9 heteroatoms. The van der Waals surface area contributed by atoms with Gasteiger partial charge in [0, 0.05) is 18.1 Å². The van der Waals surface area contributed by atoms with Gasteiger partial charge in [-0.1, -0.05) is 6.58 Å². The van der Waals surface area contributed by atoms with E-state index in [9.17, 15) is 18.0 Å². The van der Waals surface area contributed by atoms with E-state index < -0.39 is 29.2 Å². The van der Waals surface area contributed by atoms with Gasteiger partial charge in [-0.25, -0.2) is 4.98 Å². The predicted octanol–water partition coefficient (Wildman–Crippen LogP) is 4.16. The number of benzene rings is 1. The molecule has 158 valence electrons. The molecule has 2 aromatic rings. The number of carbonyl (C=O) groups is 1. The third kappa shape index (κ3) is 5.56. The number of carbonyl (C=O) groups excluding carboxylic acids is 1. The summed E-state index contributed by atoms with van der Waals surface area (Å²) in [6.07, 6.45) is -1.73. The van der Waals surface area contributed by atoms with Crippen LogP contribution < -0.4 is 10.6 Å². The lowest BCUT2D eigenvalue weighted by Crippen LogP contribution is -2.43. The summed E-state index contributed by atoms with van der Waals surface area (Å²) >= 11 is 0. The second-order valence-corrected chi connectivity index (χ2v) is 7.41. The van der Waals surface area contributed by atoms with Gasteiger partial charge in [-0.2, -0.15) is 18.4 Å². The fourth-order valence-electron chi connectivity index (χ4n) is 2.75. The van der Waals surface area contributed by atoms with Crippen LogP contribution in [0.1, 0.15) is 59.7 Å². The molecule has 0 aliphatic rings. The lowest BCUT2D eigenvalue weighted by atomic mass is 10.0. The molecule has 1 amide bonds. The predicted molar refractivity (Wildman–Crippen MR) is 106 cm³/mol. The Kier molecular flexibility index (Phi) is 6.50. The van der Waals surface area contributed by atoms with E-state index in [2.05, 4.69) is 27.2 Å². The van der Waals surface area contributed by atoms with E-state index in [1.54, 1.807) is 33.8 Å². The Morgan fingerprint density at radius 1 is 1.20 bits per heavy atom. The number of halogens is 3. The molecule has 0 bridgehead atoms. The first-order chi connectivity index (χ1) is 13.8. The summed E-state index contributed by atoms with van der Waals surface area (Å²) < 4.78 is 39.3. The largest absolute Gasteiger partial charge is 0.416 e. The molecule has 0 radical (unpaired) electrons. The summed E-state index contributed by atoms with van der Waals surface area (Å²) in [5.41, 5.74) is -0.648. The Labute approximate surface area is 172 Å². The number of aromatic nitrogens is 2. The van der Waals surface area contributed by atoms with Gasteiger partial charge in [0.1, 0.15) is 5.54 Å². The lowest BCUT2D eigenvalue weighted by molar-refractivity contribution is -0.137. The molecule has 1 heterocycles. The van der Waals surface area contributed by atoms with Gasteiger partial charge in [-0.3, -0.25) is 9.78 Å². The molecule has 0 saturated heterocycles. The average Bonchev–Trinajstić information content (AvgIpc) is 2.66. The van der Waals surface area contributed by atoms with Gasteiger partial charge in [0.2, 0.25) is 0 Å². The van der Waals surface area contributed by atoms with Gasteiger partial charge in [0.05, 0.1) is 23.4 Å². The molecule has 1 aromatic heterocycles. The van der Waals surface area contributed by atoms with Gasteiger partial charge < -0.3 is 10.6 Å². The Morgan fingerprint density at radius 2 is 1.83 bits per heavy atom. The van der Waals surface area contributed by atoms with Crippen LogP contribution in [0.2, 0.25) is 0 Å². The molecule has 1 aromatic carbocycles. The number of amides is 1. The molecule has 1 atom stereocenters. The van der Waals surface area contributed by atoms with Gasteiger partial charge in [0.25, 0.3) is 5.91 Å². The molecule has 0 aliphatic carbocycles. The van der Waals surface area contributed by atoms with Crippen LogP contribution in [0.5, 0.6) is 0 Å². The Bertz CT molecular complexity index is 1010. The van der Waals surface area contributed by atoms with Crippen LogP contribution in [0, 0.1) is 18.3 Å². The molecule has 2 N–H and O–H groups in total. The number of alkyl halides is 3. The fourth-order valence-corrected chi connectivity index (χ4v) is 2.75. The molecule has 6 nitrogen and oxygen atoms in total. The summed E-state index contributed by atoms with van der Waals surface area (Å²) in [7, 11) is 0. The van der Waals surface area contributed by atoms with Crippen LogP contribution in [0.15, 0.2) is 37.2 Å². The van der Waals surface area contributed by atoms with E-state index in [1.807, 2.05) is 6.07 Å². The van der Waals surface area contributed by atoms with Crippen LogP contribution in [0.4, 0.5) is 13.2 Å². The number of hydrogen-bond acceptors (Lipinski definition) is 5. The van der Waals surface area contributed by atoms with Gasteiger partial charge in [-0.15, -0.1) is 0 Å². The highest BCUT2D eigenvalue weighted by atomic mass is 19.4. The fraction of sp³-hybridized carbons (Fsp3) is 0.333. The van der Waals surface area contributed by atoms with Crippen LogP contribution in [0.3, 0.4) is 0 Å². The number of aryl methyl sites for hydroxylation is 1. The summed E-state index contributed by atoms with van der Waals surface area (Å²) in [4.78, 5) is 20.8. The normalized spacial score (nSPS) is 12.6. The molecular weight excluding hydrogens is 395 g/mol. The zero-order chi connectivity index (χ0) is 22.7. The summed E-state index contributed by atoms with van der Waals surface area (Å²) in [5.74, 6) is -0.584. The topological polar surface area (TPSA) is 90.7 Å². The summed E-state index contributed by atoms with van der Waals surface area (Å²) in [6, 6.07) is 5.02. The van der Waals surface area contributed by atoms with Crippen molar-refractivity contribution >= 4 is 11.6 Å². The number of nitrogens with zero attached hydrogens (tertiary/aromatic N) is 3. The number of nitriles is 1. The van der Waals surface area contributed by atoms with E-state index in [0.29, 0.717) is 5.56 Å². The summed E-state index contributed by atoms with van der Waals surface area (Å²) in [5, 5.41) is 14.6. The molecule has 0 aliphatic heterocycles. The van der Waals surface area contributed by atoms with Gasteiger partial charge >= 0.3 is 6.18 Å². The monoisotopic (exact) mass is 417 g/mol. The quantitative estimate of drug-likeness (QED) is 0.737. The van der Waals surface area contributed by atoms with Crippen LogP contribution in [0.25, 0.3) is 5.70 Å². The smallest absolute Gasteiger partial charge is 0.377 e. The maximum absolute atomic E-state index is 13.1. The van der Waals surface area contributed by atoms with Crippen molar-refractivity contribution in [2.75, 3.05) is 0 Å². The van der Waals surface area contributed by atoms with E-state index >= 15 is 0 Å². The van der Waals surface area contributed by atoms with Crippen molar-refractivity contribution in [3.8, 4) is 6.07 Å². The van der Waals surface area contributed by atoms with Crippen molar-refractivity contribution in [2.24, 2.45) is 0 Å². The standard InChI is InChI=1S/C21H22F3N5O/c1-12-8-15(10-16(9-12)21(22,23)24)13(2)28-14(3)17-18(27-7-6-26-17)19(30)29-20(4,5)11-25/h6-10,14,28H,2H2,1,3-5H3,(H,29,30). The second-order valence-electron chi connectivity index (χ2n) is 7.41. The van der Waals surface area contributed by atoms with Crippen LogP contribution in [-0.4, -0.2) is 21.4 Å². The van der Waals surface area contributed by atoms with Gasteiger partial charge in [-0.05, 0) is 57.0 Å². The third-order valence-electron chi connectivity index (χ3n) is 4.20. The molecule has 0 fully saturated rings. The number of hydrogen-bond donors (Lipinski definition) is 2. The number of rotatable bonds is 6. The van der Waals surface area contributed by atoms with Crippen molar-refractivity contribution < 1.29 is 18.0 Å². The zero-order valence-corrected chi connectivity index (χ0v) is 17.1. The molecule has 2 rings (SSSR count). The molecule has 30 heavy (non-hydrogen) atoms. The Balaban J connectivity index is 2.28. The minimum atomic E-state index is -4.48. The van der Waals surface area contributed by atoms with Crippen molar-refractivity contribution in [2.45, 2.75) is 45.5 Å². The van der Waals surface area contributed by atoms with Crippen LogP contribution >= 0.6 is 0 Å². The van der Waals surface area contributed by atoms with Crippen LogP contribution in [-0.2, 0) is 6.18 Å². The minimum Gasteiger partial charge on any atom is -0.377 e. The Hall–Kier alpha value is -3.41. The zero-order valence-electron chi connectivity index (χ0n) is 17.1. The summed E-state index contributed by atoms with van der Waals surface area (Å²) in [6.45, 7) is 10.2. The first kappa shape index (κ1) is 22.9. The van der Waals surface area contributed by atoms with E-state index in [4.69, 9.17) is 5.26 Å². The first-order valence-corrected chi connectivity index (χ1v) is 9.03. The van der Waals surface area contributed by atoms with Crippen molar-refractivity contribution in [1.29, 1.82) is 5.26 Å². The highest BCUT2D eigenvalue weighted by molar-refractivity contribution is 5.94. The molecule has 0 spiro atoms. The van der Waals surface area contributed by atoms with Gasteiger partial charge in [0.15, 0.2) is 5.69 Å². The van der Waals surface area contributed by atoms with Crippen molar-refractivity contribution in [3.05, 3.63) is 65.2 Å². The SMILES string of the molecule is C=C(NC(C)c1nccnc1C(=O)NC(C)(C)C#N)c1cc(C)cc(C(F)(F)F)c1. The maximum Gasteiger partial charge on any atom is 0.416 e. The van der Waals surface area contributed by atoms with E-state index in [0.717, 1.165) is 12.1 Å². The Morgan fingerprint density at radius 3 is 2.43 bits per heavy atom. The second kappa shape index (κ2) is 8.53. The maximum atomic E-state index is 13.1. The average molecular weight is 417 g/mol. The lowest BCUT2D eigenvalue weighted by Gasteiger charge is -2.21. The van der Waals surface area contributed by atoms with Crippen molar-refractivity contribution in [1.82, 2.24) is 20.6 Å². The van der Waals surface area contributed by atoms with E-state index in [1.165, 1.54) is 12.4 Å². The highest BCUT2D eigenvalue weighted by Crippen LogP contribution is 2.32.